The lowest BCUT2D eigenvalue weighted by Crippen LogP contribution is -2.24. The van der Waals surface area contributed by atoms with Gasteiger partial charge in [-0.05, 0) is 31.0 Å². The molecule has 0 aliphatic carbocycles. The van der Waals surface area contributed by atoms with Crippen LogP contribution in [0.2, 0.25) is 0 Å². The number of methoxy groups -OCH3 is 1. The highest BCUT2D eigenvalue weighted by atomic mass is 19.1. The maximum atomic E-state index is 13.0. The number of rotatable bonds is 5. The Labute approximate surface area is 90.4 Å². The van der Waals surface area contributed by atoms with Crippen molar-refractivity contribution in [3.8, 4) is 0 Å². The zero-order valence-electron chi connectivity index (χ0n) is 9.51. The van der Waals surface area contributed by atoms with E-state index < -0.39 is 0 Å². The molecular formula is C12H18FNO. The summed E-state index contributed by atoms with van der Waals surface area (Å²) in [6.07, 6.45) is 0.948. The summed E-state index contributed by atoms with van der Waals surface area (Å²) in [6.45, 7) is 4.67. The molecule has 1 aromatic carbocycles. The minimum Gasteiger partial charge on any atom is -0.383 e. The van der Waals surface area contributed by atoms with Crippen molar-refractivity contribution in [1.82, 2.24) is 0 Å². The normalized spacial score (nSPS) is 12.5. The topological polar surface area (TPSA) is 21.3 Å². The van der Waals surface area contributed by atoms with Gasteiger partial charge in [0, 0.05) is 18.8 Å². The second-order valence-corrected chi connectivity index (χ2v) is 3.66. The smallest absolute Gasteiger partial charge is 0.125 e. The summed E-state index contributed by atoms with van der Waals surface area (Å²) in [5.41, 5.74) is 1.89. The van der Waals surface area contributed by atoms with Crippen LogP contribution in [0.4, 0.5) is 10.1 Å². The third-order valence-electron chi connectivity index (χ3n) is 2.42. The minimum atomic E-state index is -0.213. The molecule has 0 radical (unpaired) electrons. The summed E-state index contributed by atoms with van der Waals surface area (Å²) < 4.78 is 18.1. The van der Waals surface area contributed by atoms with E-state index in [1.165, 1.54) is 12.1 Å². The number of ether oxygens (including phenoxy) is 1. The van der Waals surface area contributed by atoms with Gasteiger partial charge in [-0.2, -0.15) is 0 Å². The van der Waals surface area contributed by atoms with Gasteiger partial charge in [-0.3, -0.25) is 0 Å². The lowest BCUT2D eigenvalue weighted by Gasteiger charge is -2.18. The second-order valence-electron chi connectivity index (χ2n) is 3.66. The first kappa shape index (κ1) is 12.0. The van der Waals surface area contributed by atoms with Crippen molar-refractivity contribution >= 4 is 5.69 Å². The average Bonchev–Trinajstić information content (AvgIpc) is 2.22. The van der Waals surface area contributed by atoms with Gasteiger partial charge in [-0.1, -0.05) is 13.0 Å². The molecule has 1 aromatic rings. The first-order valence-electron chi connectivity index (χ1n) is 5.19. The van der Waals surface area contributed by atoms with Gasteiger partial charge in [0.25, 0.3) is 0 Å². The monoisotopic (exact) mass is 211 g/mol. The van der Waals surface area contributed by atoms with Crippen LogP contribution in [-0.2, 0) is 4.74 Å². The highest BCUT2D eigenvalue weighted by Gasteiger charge is 2.07. The molecule has 0 bridgehead atoms. The van der Waals surface area contributed by atoms with Crippen LogP contribution >= 0.6 is 0 Å². The van der Waals surface area contributed by atoms with E-state index in [2.05, 4.69) is 12.2 Å². The second kappa shape index (κ2) is 5.71. The fourth-order valence-corrected chi connectivity index (χ4v) is 1.43. The molecule has 0 aliphatic rings. The van der Waals surface area contributed by atoms with E-state index in [-0.39, 0.29) is 11.9 Å². The Kier molecular flexibility index (Phi) is 4.56. The van der Waals surface area contributed by atoms with E-state index in [0.29, 0.717) is 6.61 Å². The van der Waals surface area contributed by atoms with Crippen LogP contribution in [-0.4, -0.2) is 19.8 Å². The summed E-state index contributed by atoms with van der Waals surface area (Å²) in [5, 5.41) is 3.27. The van der Waals surface area contributed by atoms with Gasteiger partial charge in [0.2, 0.25) is 0 Å². The van der Waals surface area contributed by atoms with Crippen molar-refractivity contribution in [2.45, 2.75) is 26.3 Å². The van der Waals surface area contributed by atoms with E-state index in [9.17, 15) is 4.39 Å². The largest absolute Gasteiger partial charge is 0.383 e. The van der Waals surface area contributed by atoms with Gasteiger partial charge in [0.05, 0.1) is 6.61 Å². The van der Waals surface area contributed by atoms with Crippen LogP contribution in [0.15, 0.2) is 18.2 Å². The molecule has 1 atom stereocenters. The molecule has 0 aliphatic heterocycles. The number of hydrogen-bond donors (Lipinski definition) is 1. The Morgan fingerprint density at radius 3 is 2.80 bits per heavy atom. The third kappa shape index (κ3) is 3.51. The molecule has 1 rings (SSSR count). The number of aryl methyl sites for hydroxylation is 1. The van der Waals surface area contributed by atoms with E-state index in [0.717, 1.165) is 17.7 Å². The predicted octanol–water partition coefficient (Wildman–Crippen LogP) is 2.97. The molecule has 1 unspecified atom stereocenters. The minimum absolute atomic E-state index is 0.213. The van der Waals surface area contributed by atoms with Crippen molar-refractivity contribution in [3.05, 3.63) is 29.6 Å². The summed E-state index contributed by atoms with van der Waals surface area (Å²) >= 11 is 0. The summed E-state index contributed by atoms with van der Waals surface area (Å²) in [4.78, 5) is 0. The molecule has 3 heteroatoms. The third-order valence-corrected chi connectivity index (χ3v) is 2.42. The van der Waals surface area contributed by atoms with Crippen LogP contribution in [0.1, 0.15) is 18.9 Å². The zero-order valence-corrected chi connectivity index (χ0v) is 9.51. The maximum absolute atomic E-state index is 13.0. The van der Waals surface area contributed by atoms with E-state index in [1.807, 2.05) is 6.92 Å². The molecular weight excluding hydrogens is 193 g/mol. The summed E-state index contributed by atoms with van der Waals surface area (Å²) in [6, 6.07) is 5.00. The van der Waals surface area contributed by atoms with Crippen molar-refractivity contribution in [2.24, 2.45) is 0 Å². The van der Waals surface area contributed by atoms with Crippen molar-refractivity contribution in [3.63, 3.8) is 0 Å². The van der Waals surface area contributed by atoms with Gasteiger partial charge in [0.1, 0.15) is 5.82 Å². The fraction of sp³-hybridized carbons (Fsp3) is 0.500. The van der Waals surface area contributed by atoms with Crippen LogP contribution in [0.3, 0.4) is 0 Å². The molecule has 1 N–H and O–H groups in total. The Morgan fingerprint density at radius 1 is 1.47 bits per heavy atom. The van der Waals surface area contributed by atoms with Crippen molar-refractivity contribution < 1.29 is 9.13 Å². The first-order chi connectivity index (χ1) is 7.17. The molecule has 0 aromatic heterocycles. The van der Waals surface area contributed by atoms with Crippen molar-refractivity contribution in [2.75, 3.05) is 19.0 Å². The molecule has 0 saturated heterocycles. The van der Waals surface area contributed by atoms with Crippen LogP contribution in [0.25, 0.3) is 0 Å². The average molecular weight is 211 g/mol. The number of nitrogens with one attached hydrogen (secondary N) is 1. The highest BCUT2D eigenvalue weighted by molar-refractivity contribution is 5.51. The quantitative estimate of drug-likeness (QED) is 0.808. The Morgan fingerprint density at radius 2 is 2.20 bits per heavy atom. The lowest BCUT2D eigenvalue weighted by atomic mass is 10.1. The van der Waals surface area contributed by atoms with Gasteiger partial charge >= 0.3 is 0 Å². The summed E-state index contributed by atoms with van der Waals surface area (Å²) in [7, 11) is 1.67. The molecule has 2 nitrogen and oxygen atoms in total. The number of benzene rings is 1. The SMILES string of the molecule is CCC(COC)Nc1cc(F)ccc1C. The Hall–Kier alpha value is -1.09. The Balaban J connectivity index is 2.73. The Bertz CT molecular complexity index is 314. The molecule has 15 heavy (non-hydrogen) atoms. The lowest BCUT2D eigenvalue weighted by molar-refractivity contribution is 0.184. The molecule has 0 spiro atoms. The number of hydrogen-bond acceptors (Lipinski definition) is 2. The first-order valence-corrected chi connectivity index (χ1v) is 5.19. The molecule has 0 heterocycles. The van der Waals surface area contributed by atoms with Gasteiger partial charge < -0.3 is 10.1 Å². The van der Waals surface area contributed by atoms with Crippen LogP contribution in [0.5, 0.6) is 0 Å². The van der Waals surface area contributed by atoms with E-state index >= 15 is 0 Å². The maximum Gasteiger partial charge on any atom is 0.125 e. The molecule has 0 saturated carbocycles. The van der Waals surface area contributed by atoms with Crippen LogP contribution in [0, 0.1) is 12.7 Å². The van der Waals surface area contributed by atoms with Gasteiger partial charge in [-0.25, -0.2) is 4.39 Å². The number of halogens is 1. The molecule has 84 valence electrons. The van der Waals surface area contributed by atoms with Gasteiger partial charge in [-0.15, -0.1) is 0 Å². The van der Waals surface area contributed by atoms with E-state index in [1.54, 1.807) is 13.2 Å². The van der Waals surface area contributed by atoms with Crippen molar-refractivity contribution in [1.29, 1.82) is 0 Å². The standard InChI is InChI=1S/C12H18FNO/c1-4-11(8-15-3)14-12-7-10(13)6-5-9(12)2/h5-7,11,14H,4,8H2,1-3H3. The van der Waals surface area contributed by atoms with Crippen LogP contribution < -0.4 is 5.32 Å². The number of anilines is 1. The predicted molar refractivity (Wildman–Crippen MR) is 60.7 cm³/mol. The van der Waals surface area contributed by atoms with Gasteiger partial charge in [0.15, 0.2) is 0 Å². The summed E-state index contributed by atoms with van der Waals surface area (Å²) in [5.74, 6) is -0.213. The molecule has 0 amide bonds. The fourth-order valence-electron chi connectivity index (χ4n) is 1.43. The zero-order chi connectivity index (χ0) is 11.3. The molecule has 0 fully saturated rings. The highest BCUT2D eigenvalue weighted by Crippen LogP contribution is 2.17. The van der Waals surface area contributed by atoms with E-state index in [4.69, 9.17) is 4.74 Å².